The standard InChI is InChI=1S/C28H30N8O3/c1-17-2-7-23(29-11-17)26-24(14-36(33-26)19-5-3-18(15-37)4-6-19)31-28(38)22-12-30-35-9-8-25(32-27(22)35)34-13-21-10-20(34)16-39-21/h2,7-9,11-12,14-15,18-21H,3-6,10,13,16H2,1H3,(H,31,38)/t18-,19-,20-,21-/m1/s1. The molecular formula is C28H30N8O3. The monoisotopic (exact) mass is 526 g/mol. The molecule has 39 heavy (non-hydrogen) atoms. The fourth-order valence-electron chi connectivity index (χ4n) is 6.02. The van der Waals surface area contributed by atoms with E-state index in [0.717, 1.165) is 56.3 Å². The van der Waals surface area contributed by atoms with Crippen LogP contribution < -0.4 is 10.2 Å². The largest absolute Gasteiger partial charge is 0.374 e. The van der Waals surface area contributed by atoms with Gasteiger partial charge in [0.05, 0.1) is 42.4 Å². The van der Waals surface area contributed by atoms with Crippen molar-refractivity contribution >= 4 is 29.3 Å². The molecule has 7 rings (SSSR count). The fraction of sp³-hybridized carbons (Fsp3) is 0.429. The zero-order valence-electron chi connectivity index (χ0n) is 21.7. The van der Waals surface area contributed by atoms with Gasteiger partial charge in [0.25, 0.3) is 5.91 Å². The number of aryl methyl sites for hydroxylation is 1. The smallest absolute Gasteiger partial charge is 0.261 e. The Hall–Kier alpha value is -4.12. The Balaban J connectivity index is 1.19. The molecule has 1 amide bonds. The number of carbonyl (C=O) groups excluding carboxylic acids is 2. The molecule has 6 heterocycles. The molecule has 2 bridgehead atoms. The molecule has 200 valence electrons. The van der Waals surface area contributed by atoms with E-state index in [-0.39, 0.29) is 24.0 Å². The van der Waals surface area contributed by atoms with Crippen LogP contribution >= 0.6 is 0 Å². The Kier molecular flexibility index (Phi) is 5.88. The van der Waals surface area contributed by atoms with Gasteiger partial charge in [0, 0.05) is 31.1 Å². The summed E-state index contributed by atoms with van der Waals surface area (Å²) in [5.41, 5.74) is 3.81. The third kappa shape index (κ3) is 4.36. The third-order valence-electron chi connectivity index (χ3n) is 8.24. The molecule has 4 aromatic heterocycles. The quantitative estimate of drug-likeness (QED) is 0.380. The summed E-state index contributed by atoms with van der Waals surface area (Å²) < 4.78 is 9.28. The van der Waals surface area contributed by atoms with Gasteiger partial charge in [-0.2, -0.15) is 10.2 Å². The minimum absolute atomic E-state index is 0.116. The highest BCUT2D eigenvalue weighted by atomic mass is 16.5. The van der Waals surface area contributed by atoms with Gasteiger partial charge in [-0.25, -0.2) is 9.50 Å². The van der Waals surface area contributed by atoms with E-state index in [1.165, 1.54) is 0 Å². The number of nitrogens with zero attached hydrogens (tertiary/aromatic N) is 7. The molecule has 1 saturated carbocycles. The van der Waals surface area contributed by atoms with E-state index in [4.69, 9.17) is 14.8 Å². The van der Waals surface area contributed by atoms with Crippen molar-refractivity contribution in [3.63, 3.8) is 0 Å². The number of carbonyl (C=O) groups is 2. The molecule has 1 N–H and O–H groups in total. The van der Waals surface area contributed by atoms with Crippen molar-refractivity contribution in [3.8, 4) is 11.4 Å². The molecule has 1 aliphatic carbocycles. The van der Waals surface area contributed by atoms with Crippen LogP contribution in [-0.2, 0) is 9.53 Å². The summed E-state index contributed by atoms with van der Waals surface area (Å²) in [6.07, 6.45) is 12.8. The number of aromatic nitrogens is 6. The molecule has 0 aromatic carbocycles. The van der Waals surface area contributed by atoms with Crippen molar-refractivity contribution in [2.45, 2.75) is 57.2 Å². The molecule has 2 saturated heterocycles. The highest BCUT2D eigenvalue weighted by Crippen LogP contribution is 2.35. The van der Waals surface area contributed by atoms with Crippen LogP contribution in [0, 0.1) is 12.8 Å². The second kappa shape index (κ2) is 9.57. The number of nitrogens with one attached hydrogen (secondary N) is 1. The van der Waals surface area contributed by atoms with E-state index < -0.39 is 0 Å². The van der Waals surface area contributed by atoms with Crippen LogP contribution in [0.2, 0.25) is 0 Å². The number of morpholine rings is 1. The molecule has 3 aliphatic rings. The Morgan fingerprint density at radius 3 is 2.72 bits per heavy atom. The van der Waals surface area contributed by atoms with E-state index in [0.29, 0.717) is 40.9 Å². The third-order valence-corrected chi connectivity index (χ3v) is 8.24. The maximum Gasteiger partial charge on any atom is 0.261 e. The van der Waals surface area contributed by atoms with Gasteiger partial charge >= 0.3 is 0 Å². The van der Waals surface area contributed by atoms with Gasteiger partial charge in [0.1, 0.15) is 23.4 Å². The number of aldehydes is 1. The molecule has 2 aliphatic heterocycles. The maximum atomic E-state index is 13.6. The summed E-state index contributed by atoms with van der Waals surface area (Å²) in [6, 6.07) is 6.32. The van der Waals surface area contributed by atoms with Gasteiger partial charge < -0.3 is 19.7 Å². The average molecular weight is 527 g/mol. The highest BCUT2D eigenvalue weighted by Gasteiger charge is 2.39. The van der Waals surface area contributed by atoms with Crippen molar-refractivity contribution in [3.05, 3.63) is 54.1 Å². The van der Waals surface area contributed by atoms with E-state index in [9.17, 15) is 9.59 Å². The van der Waals surface area contributed by atoms with Gasteiger partial charge in [0.2, 0.25) is 0 Å². The summed E-state index contributed by atoms with van der Waals surface area (Å²) in [4.78, 5) is 36.5. The first-order chi connectivity index (χ1) is 19.1. The molecule has 4 aromatic rings. The first-order valence-electron chi connectivity index (χ1n) is 13.6. The molecular weight excluding hydrogens is 496 g/mol. The maximum absolute atomic E-state index is 13.6. The lowest BCUT2D eigenvalue weighted by molar-refractivity contribution is -0.112. The molecule has 0 spiro atoms. The summed E-state index contributed by atoms with van der Waals surface area (Å²) in [5, 5.41) is 12.3. The van der Waals surface area contributed by atoms with E-state index in [1.807, 2.05) is 42.2 Å². The number of hydrogen-bond donors (Lipinski definition) is 1. The van der Waals surface area contributed by atoms with Crippen LogP contribution in [0.1, 0.15) is 54.1 Å². The van der Waals surface area contributed by atoms with Crippen molar-refractivity contribution in [2.24, 2.45) is 5.92 Å². The number of anilines is 2. The predicted molar refractivity (Wildman–Crippen MR) is 144 cm³/mol. The number of hydrogen-bond acceptors (Lipinski definition) is 8. The van der Waals surface area contributed by atoms with Crippen LogP contribution in [0.15, 0.2) is 43.0 Å². The van der Waals surface area contributed by atoms with Crippen molar-refractivity contribution in [2.75, 3.05) is 23.4 Å². The van der Waals surface area contributed by atoms with E-state index >= 15 is 0 Å². The van der Waals surface area contributed by atoms with Crippen molar-refractivity contribution in [1.82, 2.24) is 29.4 Å². The Morgan fingerprint density at radius 1 is 1.13 bits per heavy atom. The van der Waals surface area contributed by atoms with Gasteiger partial charge in [-0.1, -0.05) is 6.07 Å². The van der Waals surface area contributed by atoms with Crippen LogP contribution in [0.25, 0.3) is 17.0 Å². The number of fused-ring (bicyclic) bond motifs is 3. The van der Waals surface area contributed by atoms with Crippen LogP contribution in [0.4, 0.5) is 11.5 Å². The molecule has 3 fully saturated rings. The van der Waals surface area contributed by atoms with Crippen LogP contribution in [-0.4, -0.2) is 66.9 Å². The molecule has 0 radical (unpaired) electrons. The first-order valence-corrected chi connectivity index (χ1v) is 13.6. The van der Waals surface area contributed by atoms with Crippen molar-refractivity contribution in [1.29, 1.82) is 0 Å². The van der Waals surface area contributed by atoms with Crippen LogP contribution in [0.5, 0.6) is 0 Å². The second-order valence-electron chi connectivity index (χ2n) is 10.9. The normalized spacial score (nSPS) is 24.4. The highest BCUT2D eigenvalue weighted by molar-refractivity contribution is 6.09. The SMILES string of the molecule is Cc1ccc(-c2nn([C@H]3CC[C@H](C=O)CC3)cc2NC(=O)c2cnn3ccc(N4C[C@H]5C[C@@H]4CO5)nc23)nc1. The number of pyridine rings is 1. The minimum atomic E-state index is -0.307. The van der Waals surface area contributed by atoms with Gasteiger partial charge in [-0.3, -0.25) is 14.5 Å². The summed E-state index contributed by atoms with van der Waals surface area (Å²) in [7, 11) is 0. The van der Waals surface area contributed by atoms with Gasteiger partial charge in [0.15, 0.2) is 5.65 Å². The number of rotatable bonds is 6. The van der Waals surface area contributed by atoms with E-state index in [2.05, 4.69) is 20.3 Å². The molecule has 0 unspecified atom stereocenters. The first kappa shape index (κ1) is 24.0. The van der Waals surface area contributed by atoms with Gasteiger partial charge in [-0.05, 0) is 56.7 Å². The molecule has 11 nitrogen and oxygen atoms in total. The lowest BCUT2D eigenvalue weighted by Crippen LogP contribution is -2.37. The Labute approximate surface area is 225 Å². The predicted octanol–water partition coefficient (Wildman–Crippen LogP) is 3.46. The Morgan fingerprint density at radius 2 is 2.00 bits per heavy atom. The number of amides is 1. The lowest BCUT2D eigenvalue weighted by atomic mass is 9.87. The minimum Gasteiger partial charge on any atom is -0.374 e. The summed E-state index contributed by atoms with van der Waals surface area (Å²) in [6.45, 7) is 3.50. The number of ether oxygens (including phenoxy) is 1. The van der Waals surface area contributed by atoms with Crippen molar-refractivity contribution < 1.29 is 14.3 Å². The molecule has 11 heteroatoms. The fourth-order valence-corrected chi connectivity index (χ4v) is 6.02. The zero-order valence-corrected chi connectivity index (χ0v) is 21.7. The Bertz CT molecular complexity index is 1540. The summed E-state index contributed by atoms with van der Waals surface area (Å²) >= 11 is 0. The zero-order chi connectivity index (χ0) is 26.5. The lowest BCUT2D eigenvalue weighted by Gasteiger charge is -2.27. The van der Waals surface area contributed by atoms with Gasteiger partial charge in [-0.15, -0.1) is 0 Å². The van der Waals surface area contributed by atoms with E-state index in [1.54, 1.807) is 16.9 Å². The topological polar surface area (TPSA) is 120 Å². The molecule has 2 atom stereocenters. The van der Waals surface area contributed by atoms with Crippen LogP contribution in [0.3, 0.4) is 0 Å². The summed E-state index contributed by atoms with van der Waals surface area (Å²) in [5.74, 6) is 0.639. The average Bonchev–Trinajstić information content (AvgIpc) is 3.77. The second-order valence-corrected chi connectivity index (χ2v) is 10.9.